The lowest BCUT2D eigenvalue weighted by Crippen LogP contribution is -2.49. The molecule has 1 fully saturated rings. The summed E-state index contributed by atoms with van der Waals surface area (Å²) in [6, 6.07) is 3.42. The summed E-state index contributed by atoms with van der Waals surface area (Å²) in [5.74, 6) is 1.81. The standard InChI is InChI=1S/C18H26N6O2/c1-3-7-22(8-4-2)16-14-19-21-18(20-16)24-11-9-23(10-12-24)17(25)15-6-5-13-26-15/h5-6,13-14H,3-4,7-12H2,1-2H3. The molecule has 8 heteroatoms. The second-order valence-corrected chi connectivity index (χ2v) is 6.36. The Morgan fingerprint density at radius 3 is 2.54 bits per heavy atom. The fraction of sp³-hybridized carbons (Fsp3) is 0.556. The summed E-state index contributed by atoms with van der Waals surface area (Å²) >= 11 is 0. The first-order valence-corrected chi connectivity index (χ1v) is 9.25. The van der Waals surface area contributed by atoms with Crippen LogP contribution in [-0.4, -0.2) is 65.3 Å². The number of piperazine rings is 1. The molecule has 0 N–H and O–H groups in total. The molecular formula is C18H26N6O2. The van der Waals surface area contributed by atoms with Crippen LogP contribution in [0.25, 0.3) is 0 Å². The largest absolute Gasteiger partial charge is 0.459 e. The number of hydrogen-bond acceptors (Lipinski definition) is 7. The lowest BCUT2D eigenvalue weighted by Gasteiger charge is -2.34. The Balaban J connectivity index is 1.64. The van der Waals surface area contributed by atoms with Gasteiger partial charge in [0.2, 0.25) is 5.95 Å². The molecule has 26 heavy (non-hydrogen) atoms. The average Bonchev–Trinajstić information content (AvgIpc) is 3.22. The summed E-state index contributed by atoms with van der Waals surface area (Å²) in [6.07, 6.45) is 5.37. The van der Waals surface area contributed by atoms with Gasteiger partial charge in [0.1, 0.15) is 0 Å². The minimum absolute atomic E-state index is 0.0699. The lowest BCUT2D eigenvalue weighted by molar-refractivity contribution is 0.0714. The van der Waals surface area contributed by atoms with E-state index in [0.29, 0.717) is 37.9 Å². The molecule has 1 aliphatic heterocycles. The maximum Gasteiger partial charge on any atom is 0.289 e. The Bertz CT molecular complexity index is 691. The van der Waals surface area contributed by atoms with Gasteiger partial charge in [-0.1, -0.05) is 13.8 Å². The Labute approximate surface area is 153 Å². The molecule has 2 aromatic rings. The minimum atomic E-state index is -0.0699. The maximum atomic E-state index is 12.4. The van der Waals surface area contributed by atoms with Gasteiger partial charge in [-0.15, -0.1) is 5.10 Å². The van der Waals surface area contributed by atoms with E-state index in [1.165, 1.54) is 6.26 Å². The topological polar surface area (TPSA) is 78.6 Å². The first kappa shape index (κ1) is 18.2. The zero-order valence-electron chi connectivity index (χ0n) is 15.5. The number of anilines is 2. The van der Waals surface area contributed by atoms with Crippen molar-refractivity contribution < 1.29 is 9.21 Å². The second-order valence-electron chi connectivity index (χ2n) is 6.36. The summed E-state index contributed by atoms with van der Waals surface area (Å²) < 4.78 is 5.20. The van der Waals surface area contributed by atoms with Gasteiger partial charge in [0, 0.05) is 39.3 Å². The minimum Gasteiger partial charge on any atom is -0.459 e. The molecule has 0 spiro atoms. The van der Waals surface area contributed by atoms with Crippen molar-refractivity contribution in [3.05, 3.63) is 30.4 Å². The van der Waals surface area contributed by atoms with Gasteiger partial charge < -0.3 is 19.1 Å². The van der Waals surface area contributed by atoms with E-state index in [1.807, 2.05) is 0 Å². The summed E-state index contributed by atoms with van der Waals surface area (Å²) in [6.45, 7) is 8.81. The highest BCUT2D eigenvalue weighted by molar-refractivity contribution is 5.91. The van der Waals surface area contributed by atoms with Crippen molar-refractivity contribution in [3.8, 4) is 0 Å². The summed E-state index contributed by atoms with van der Waals surface area (Å²) in [5.41, 5.74) is 0. The molecule has 140 valence electrons. The van der Waals surface area contributed by atoms with Crippen LogP contribution in [0, 0.1) is 0 Å². The molecule has 8 nitrogen and oxygen atoms in total. The fourth-order valence-corrected chi connectivity index (χ4v) is 3.12. The molecule has 0 saturated carbocycles. The first-order chi connectivity index (χ1) is 12.7. The van der Waals surface area contributed by atoms with Crippen LogP contribution < -0.4 is 9.80 Å². The van der Waals surface area contributed by atoms with E-state index in [9.17, 15) is 4.79 Å². The van der Waals surface area contributed by atoms with Crippen LogP contribution in [0.1, 0.15) is 37.2 Å². The molecular weight excluding hydrogens is 332 g/mol. The Hall–Kier alpha value is -2.64. The smallest absolute Gasteiger partial charge is 0.289 e. The fourth-order valence-electron chi connectivity index (χ4n) is 3.12. The zero-order chi connectivity index (χ0) is 18.4. The van der Waals surface area contributed by atoms with Gasteiger partial charge in [-0.05, 0) is 25.0 Å². The van der Waals surface area contributed by atoms with Gasteiger partial charge >= 0.3 is 0 Å². The molecule has 0 aromatic carbocycles. The van der Waals surface area contributed by atoms with E-state index in [0.717, 1.165) is 31.7 Å². The van der Waals surface area contributed by atoms with Gasteiger partial charge in [-0.3, -0.25) is 4.79 Å². The van der Waals surface area contributed by atoms with Crippen LogP contribution >= 0.6 is 0 Å². The van der Waals surface area contributed by atoms with Gasteiger partial charge in [0.05, 0.1) is 12.5 Å². The van der Waals surface area contributed by atoms with Crippen molar-refractivity contribution in [2.75, 3.05) is 49.1 Å². The molecule has 2 aromatic heterocycles. The summed E-state index contributed by atoms with van der Waals surface area (Å²) in [4.78, 5) is 23.2. The van der Waals surface area contributed by atoms with Crippen molar-refractivity contribution in [2.45, 2.75) is 26.7 Å². The monoisotopic (exact) mass is 358 g/mol. The van der Waals surface area contributed by atoms with Crippen LogP contribution in [-0.2, 0) is 0 Å². The summed E-state index contributed by atoms with van der Waals surface area (Å²) in [5, 5.41) is 8.35. The molecule has 0 unspecified atom stereocenters. The molecule has 1 aliphatic rings. The number of aromatic nitrogens is 3. The third kappa shape index (κ3) is 4.12. The summed E-state index contributed by atoms with van der Waals surface area (Å²) in [7, 11) is 0. The Kier molecular flexibility index (Phi) is 6.04. The van der Waals surface area contributed by atoms with Crippen LogP contribution in [0.2, 0.25) is 0 Å². The van der Waals surface area contributed by atoms with E-state index in [1.54, 1.807) is 23.2 Å². The first-order valence-electron chi connectivity index (χ1n) is 9.25. The van der Waals surface area contributed by atoms with Gasteiger partial charge in [-0.25, -0.2) is 0 Å². The van der Waals surface area contributed by atoms with Crippen molar-refractivity contribution >= 4 is 17.7 Å². The highest BCUT2D eigenvalue weighted by Gasteiger charge is 2.25. The van der Waals surface area contributed by atoms with Crippen molar-refractivity contribution in [1.82, 2.24) is 20.1 Å². The molecule has 0 atom stereocenters. The molecule has 3 rings (SSSR count). The maximum absolute atomic E-state index is 12.4. The zero-order valence-corrected chi connectivity index (χ0v) is 15.5. The van der Waals surface area contributed by atoms with E-state index in [4.69, 9.17) is 9.40 Å². The average molecular weight is 358 g/mol. The SMILES string of the molecule is CCCN(CCC)c1cnnc(N2CCN(C(=O)c3ccco3)CC2)n1. The predicted molar refractivity (Wildman–Crippen MR) is 99.4 cm³/mol. The number of hydrogen-bond donors (Lipinski definition) is 0. The van der Waals surface area contributed by atoms with Crippen LogP contribution in [0.3, 0.4) is 0 Å². The van der Waals surface area contributed by atoms with E-state index in [-0.39, 0.29) is 5.91 Å². The van der Waals surface area contributed by atoms with Crippen LogP contribution in [0.15, 0.2) is 29.0 Å². The van der Waals surface area contributed by atoms with Crippen molar-refractivity contribution in [3.63, 3.8) is 0 Å². The normalized spacial score (nSPS) is 14.5. The van der Waals surface area contributed by atoms with E-state index in [2.05, 4.69) is 33.8 Å². The molecule has 1 saturated heterocycles. The third-order valence-corrected chi connectivity index (χ3v) is 4.43. The van der Waals surface area contributed by atoms with Crippen LogP contribution in [0.4, 0.5) is 11.8 Å². The number of carbonyl (C=O) groups is 1. The second kappa shape index (κ2) is 8.64. The van der Waals surface area contributed by atoms with Crippen LogP contribution in [0.5, 0.6) is 0 Å². The van der Waals surface area contributed by atoms with Crippen molar-refractivity contribution in [1.29, 1.82) is 0 Å². The predicted octanol–water partition coefficient (Wildman–Crippen LogP) is 2.05. The molecule has 0 bridgehead atoms. The number of amides is 1. The number of rotatable bonds is 7. The Morgan fingerprint density at radius 1 is 1.19 bits per heavy atom. The molecule has 3 heterocycles. The van der Waals surface area contributed by atoms with E-state index < -0.39 is 0 Å². The third-order valence-electron chi connectivity index (χ3n) is 4.43. The van der Waals surface area contributed by atoms with Gasteiger partial charge in [0.25, 0.3) is 5.91 Å². The molecule has 0 radical (unpaired) electrons. The Morgan fingerprint density at radius 2 is 1.92 bits per heavy atom. The molecule has 0 aliphatic carbocycles. The van der Waals surface area contributed by atoms with Gasteiger partial charge in [-0.2, -0.15) is 10.1 Å². The quantitative estimate of drug-likeness (QED) is 0.749. The highest BCUT2D eigenvalue weighted by Crippen LogP contribution is 2.17. The molecule has 1 amide bonds. The lowest BCUT2D eigenvalue weighted by atomic mass is 10.3. The van der Waals surface area contributed by atoms with E-state index >= 15 is 0 Å². The van der Waals surface area contributed by atoms with Gasteiger partial charge in [0.15, 0.2) is 11.6 Å². The number of carbonyl (C=O) groups excluding carboxylic acids is 1. The highest BCUT2D eigenvalue weighted by atomic mass is 16.3. The van der Waals surface area contributed by atoms with Crippen molar-refractivity contribution in [2.24, 2.45) is 0 Å². The number of nitrogens with zero attached hydrogens (tertiary/aromatic N) is 6. The number of furan rings is 1.